The van der Waals surface area contributed by atoms with Crippen LogP contribution in [0.5, 0.6) is 0 Å². The third kappa shape index (κ3) is 4.89. The average Bonchev–Trinajstić information content (AvgIpc) is 2.61. The molecule has 1 aromatic carbocycles. The smallest absolute Gasteiger partial charge is 0.244 e. The molecule has 0 bridgehead atoms. The molecule has 6 nitrogen and oxygen atoms in total. The van der Waals surface area contributed by atoms with Crippen LogP contribution in [0.4, 0.5) is 0 Å². The molecule has 4 N–H and O–H groups in total. The van der Waals surface area contributed by atoms with Gasteiger partial charge in [0.05, 0.1) is 0 Å². The Morgan fingerprint density at radius 2 is 1.88 bits per heavy atom. The third-order valence-corrected chi connectivity index (χ3v) is 3.70. The van der Waals surface area contributed by atoms with Crippen molar-refractivity contribution in [3.8, 4) is 0 Å². The Bertz CT molecular complexity index is 672. The zero-order valence-corrected chi connectivity index (χ0v) is 13.7. The van der Waals surface area contributed by atoms with Crippen molar-refractivity contribution in [3.63, 3.8) is 0 Å². The normalized spacial score (nSPS) is 12.9. The molecule has 2 rings (SSSR count). The van der Waals surface area contributed by atoms with E-state index in [1.165, 1.54) is 0 Å². The molecule has 0 saturated heterocycles. The van der Waals surface area contributed by atoms with Gasteiger partial charge in [0.15, 0.2) is 0 Å². The van der Waals surface area contributed by atoms with Crippen LogP contribution in [-0.2, 0) is 21.7 Å². The lowest BCUT2D eigenvalue weighted by atomic mass is 9.92. The Hall–Kier alpha value is -2.73. The van der Waals surface area contributed by atoms with Crippen molar-refractivity contribution in [2.75, 3.05) is 6.54 Å². The van der Waals surface area contributed by atoms with Crippen molar-refractivity contribution in [1.82, 2.24) is 15.6 Å². The van der Waals surface area contributed by atoms with Crippen molar-refractivity contribution >= 4 is 11.8 Å². The lowest BCUT2D eigenvalue weighted by molar-refractivity contribution is -0.126. The molecule has 0 saturated carbocycles. The first-order chi connectivity index (χ1) is 11.5. The summed E-state index contributed by atoms with van der Waals surface area (Å²) in [6.45, 7) is 2.30. The van der Waals surface area contributed by atoms with Crippen molar-refractivity contribution in [2.45, 2.75) is 25.4 Å². The fourth-order valence-electron chi connectivity index (χ4n) is 2.18. The summed E-state index contributed by atoms with van der Waals surface area (Å²) in [6, 6.07) is 12.8. The van der Waals surface area contributed by atoms with E-state index in [2.05, 4.69) is 15.6 Å². The van der Waals surface area contributed by atoms with Crippen LogP contribution in [0.25, 0.3) is 0 Å². The lowest BCUT2D eigenvalue weighted by Crippen LogP contribution is -2.49. The molecule has 0 aliphatic heterocycles. The van der Waals surface area contributed by atoms with Gasteiger partial charge in [0, 0.05) is 31.9 Å². The van der Waals surface area contributed by atoms with Crippen LogP contribution >= 0.6 is 0 Å². The van der Waals surface area contributed by atoms with Gasteiger partial charge >= 0.3 is 0 Å². The number of nitrogens with one attached hydrogen (secondary N) is 2. The van der Waals surface area contributed by atoms with Gasteiger partial charge in [0.25, 0.3) is 0 Å². The van der Waals surface area contributed by atoms with Crippen LogP contribution < -0.4 is 16.4 Å². The first-order valence-corrected chi connectivity index (χ1v) is 7.78. The molecule has 6 heteroatoms. The minimum absolute atomic E-state index is 0.141. The van der Waals surface area contributed by atoms with Gasteiger partial charge in [0.2, 0.25) is 11.8 Å². The number of rotatable bonds is 7. The monoisotopic (exact) mass is 326 g/mol. The number of carbonyl (C=O) groups excluding carboxylic acids is 2. The second-order valence-corrected chi connectivity index (χ2v) is 5.71. The van der Waals surface area contributed by atoms with E-state index in [4.69, 9.17) is 5.73 Å². The number of carbonyl (C=O) groups is 2. The maximum atomic E-state index is 12.2. The van der Waals surface area contributed by atoms with Gasteiger partial charge in [0.1, 0.15) is 5.54 Å². The molecule has 0 spiro atoms. The minimum Gasteiger partial charge on any atom is -0.354 e. The summed E-state index contributed by atoms with van der Waals surface area (Å²) in [5, 5.41) is 5.50. The summed E-state index contributed by atoms with van der Waals surface area (Å²) in [7, 11) is 0. The van der Waals surface area contributed by atoms with Gasteiger partial charge in [-0.2, -0.15) is 0 Å². The van der Waals surface area contributed by atoms with Crippen molar-refractivity contribution in [2.24, 2.45) is 5.73 Å². The predicted molar refractivity (Wildman–Crippen MR) is 91.7 cm³/mol. The summed E-state index contributed by atoms with van der Waals surface area (Å²) in [5.74, 6) is -0.452. The number of hydrogen-bond acceptors (Lipinski definition) is 4. The van der Waals surface area contributed by atoms with E-state index in [1.807, 2.05) is 30.3 Å². The average molecular weight is 326 g/mol. The van der Waals surface area contributed by atoms with E-state index in [-0.39, 0.29) is 24.8 Å². The molecule has 0 radical (unpaired) electrons. The van der Waals surface area contributed by atoms with Crippen LogP contribution in [0.2, 0.25) is 0 Å². The maximum Gasteiger partial charge on any atom is 0.244 e. The van der Waals surface area contributed by atoms with Crippen LogP contribution in [0, 0.1) is 0 Å². The summed E-state index contributed by atoms with van der Waals surface area (Å²) in [4.78, 5) is 28.0. The van der Waals surface area contributed by atoms with Gasteiger partial charge in [-0.1, -0.05) is 36.4 Å². The number of hydrogen-bond donors (Lipinski definition) is 3. The molecule has 1 atom stereocenters. The molecule has 0 fully saturated rings. The molecular weight excluding hydrogens is 304 g/mol. The van der Waals surface area contributed by atoms with E-state index in [0.717, 1.165) is 11.1 Å². The molecule has 2 amide bonds. The van der Waals surface area contributed by atoms with Crippen LogP contribution in [0.3, 0.4) is 0 Å². The summed E-state index contributed by atoms with van der Waals surface area (Å²) in [5.41, 5.74) is 6.63. The number of nitrogens with zero attached hydrogens (tertiary/aromatic N) is 1. The summed E-state index contributed by atoms with van der Waals surface area (Å²) < 4.78 is 0. The topological polar surface area (TPSA) is 97.1 Å². The van der Waals surface area contributed by atoms with Gasteiger partial charge < -0.3 is 16.4 Å². The Morgan fingerprint density at radius 1 is 1.12 bits per heavy atom. The largest absolute Gasteiger partial charge is 0.354 e. The molecule has 126 valence electrons. The standard InChI is InChI=1S/C18H22N4O2/c1-18(19,15-7-3-2-4-8-15)17(24)21-11-9-16(23)22-13-14-6-5-10-20-12-14/h2-8,10,12H,9,11,13,19H2,1H3,(H,21,24)(H,22,23). The van der Waals surface area contributed by atoms with E-state index in [1.54, 1.807) is 31.5 Å². The maximum absolute atomic E-state index is 12.2. The Kier molecular flexibility index (Phi) is 6.03. The van der Waals surface area contributed by atoms with Gasteiger partial charge in [-0.05, 0) is 24.1 Å². The highest BCUT2D eigenvalue weighted by atomic mass is 16.2. The van der Waals surface area contributed by atoms with E-state index >= 15 is 0 Å². The second-order valence-electron chi connectivity index (χ2n) is 5.71. The molecule has 24 heavy (non-hydrogen) atoms. The SMILES string of the molecule is CC(N)(C(=O)NCCC(=O)NCc1cccnc1)c1ccccc1. The molecule has 2 aromatic rings. The Balaban J connectivity index is 1.75. The molecular formula is C18H22N4O2. The molecule has 0 aliphatic carbocycles. The fourth-order valence-corrected chi connectivity index (χ4v) is 2.18. The first-order valence-electron chi connectivity index (χ1n) is 7.78. The zero-order chi connectivity index (χ0) is 17.4. The Morgan fingerprint density at radius 3 is 2.54 bits per heavy atom. The molecule has 1 heterocycles. The van der Waals surface area contributed by atoms with Crippen LogP contribution in [-0.4, -0.2) is 23.3 Å². The third-order valence-electron chi connectivity index (χ3n) is 3.70. The minimum atomic E-state index is -1.13. The van der Waals surface area contributed by atoms with Gasteiger partial charge in [-0.3, -0.25) is 14.6 Å². The highest BCUT2D eigenvalue weighted by Gasteiger charge is 2.29. The van der Waals surface area contributed by atoms with Gasteiger partial charge in [-0.15, -0.1) is 0 Å². The lowest BCUT2D eigenvalue weighted by Gasteiger charge is -2.24. The highest BCUT2D eigenvalue weighted by molar-refractivity contribution is 5.87. The highest BCUT2D eigenvalue weighted by Crippen LogP contribution is 2.17. The number of aromatic nitrogens is 1. The van der Waals surface area contributed by atoms with E-state index in [0.29, 0.717) is 6.54 Å². The number of benzene rings is 1. The second kappa shape index (κ2) is 8.21. The summed E-state index contributed by atoms with van der Waals surface area (Å²) in [6.07, 6.45) is 3.57. The van der Waals surface area contributed by atoms with Crippen molar-refractivity contribution in [1.29, 1.82) is 0 Å². The quantitative estimate of drug-likeness (QED) is 0.709. The number of nitrogens with two attached hydrogens (primary N) is 1. The molecule has 1 unspecified atom stereocenters. The Labute approximate surface area is 141 Å². The first kappa shape index (κ1) is 17.6. The van der Waals surface area contributed by atoms with Crippen LogP contribution in [0.15, 0.2) is 54.9 Å². The van der Waals surface area contributed by atoms with E-state index < -0.39 is 5.54 Å². The van der Waals surface area contributed by atoms with E-state index in [9.17, 15) is 9.59 Å². The predicted octanol–water partition coefficient (Wildman–Crippen LogP) is 1.08. The molecule has 0 aliphatic rings. The fraction of sp³-hybridized carbons (Fsp3) is 0.278. The zero-order valence-electron chi connectivity index (χ0n) is 13.7. The summed E-state index contributed by atoms with van der Waals surface area (Å²) >= 11 is 0. The van der Waals surface area contributed by atoms with Gasteiger partial charge in [-0.25, -0.2) is 0 Å². The molecule has 1 aromatic heterocycles. The van der Waals surface area contributed by atoms with Crippen molar-refractivity contribution in [3.05, 3.63) is 66.0 Å². The van der Waals surface area contributed by atoms with Crippen molar-refractivity contribution < 1.29 is 9.59 Å². The number of pyridine rings is 1. The van der Waals surface area contributed by atoms with Crippen LogP contribution in [0.1, 0.15) is 24.5 Å². The number of amides is 2.